The van der Waals surface area contributed by atoms with Crippen LogP contribution in [0.5, 0.6) is 0 Å². The quantitative estimate of drug-likeness (QED) is 0.533. The van der Waals surface area contributed by atoms with Crippen LogP contribution in [0.4, 0.5) is 0 Å². The number of hydrogen-bond acceptors (Lipinski definition) is 8. The topological polar surface area (TPSA) is 112 Å². The first kappa shape index (κ1) is 24.7. The van der Waals surface area contributed by atoms with Crippen molar-refractivity contribution < 1.29 is 38.7 Å². The predicted octanol–water partition coefficient (Wildman–Crippen LogP) is 1.80. The lowest BCUT2D eigenvalue weighted by Gasteiger charge is -2.14. The summed E-state index contributed by atoms with van der Waals surface area (Å²) in [7, 11) is 0. The second-order valence-corrected chi connectivity index (χ2v) is 7.43. The van der Waals surface area contributed by atoms with E-state index in [0.29, 0.717) is 16.7 Å². The number of ether oxygens (including phenoxy) is 4. The zero-order valence-electron chi connectivity index (χ0n) is 18.0. The van der Waals surface area contributed by atoms with Crippen LogP contribution in [0.2, 0.25) is 0 Å². The van der Waals surface area contributed by atoms with Crippen LogP contribution in [0, 0.1) is 0 Å². The Labute approximate surface area is 182 Å². The number of carbonyl (C=O) groups excluding carboxylic acids is 2. The van der Waals surface area contributed by atoms with Crippen LogP contribution in [0.25, 0.3) is 0 Å². The maximum Gasteiger partial charge on any atom is 0.338 e. The molecule has 2 saturated heterocycles. The highest BCUT2D eigenvalue weighted by atomic mass is 16.6. The van der Waals surface area contributed by atoms with E-state index in [1.165, 1.54) is 6.92 Å². The Morgan fingerprint density at radius 2 is 1.65 bits per heavy atom. The van der Waals surface area contributed by atoms with Crippen molar-refractivity contribution in [1.82, 2.24) is 0 Å². The van der Waals surface area contributed by atoms with Crippen molar-refractivity contribution in [2.45, 2.75) is 57.4 Å². The third-order valence-electron chi connectivity index (χ3n) is 5.04. The van der Waals surface area contributed by atoms with Crippen molar-refractivity contribution in [3.8, 4) is 0 Å². The van der Waals surface area contributed by atoms with Gasteiger partial charge in [-0.15, -0.1) is 0 Å². The molecule has 2 aliphatic rings. The van der Waals surface area contributed by atoms with E-state index in [-0.39, 0.29) is 31.5 Å². The summed E-state index contributed by atoms with van der Waals surface area (Å²) in [6, 6.07) is 8.71. The highest BCUT2D eigenvalue weighted by Gasteiger charge is 2.39. The molecule has 0 spiro atoms. The van der Waals surface area contributed by atoms with Gasteiger partial charge in [-0.05, 0) is 37.1 Å². The molecule has 0 bridgehead atoms. The summed E-state index contributed by atoms with van der Waals surface area (Å²) >= 11 is 0. The normalized spacial score (nSPS) is 29.8. The van der Waals surface area contributed by atoms with Gasteiger partial charge in [-0.1, -0.05) is 31.4 Å². The first-order chi connectivity index (χ1) is 14.6. The van der Waals surface area contributed by atoms with Gasteiger partial charge in [0.2, 0.25) is 0 Å². The molecule has 31 heavy (non-hydrogen) atoms. The molecule has 0 aromatic heterocycles. The van der Waals surface area contributed by atoms with Gasteiger partial charge < -0.3 is 29.2 Å². The van der Waals surface area contributed by atoms with Gasteiger partial charge in [0.05, 0.1) is 24.4 Å². The van der Waals surface area contributed by atoms with Gasteiger partial charge in [0, 0.05) is 6.92 Å². The smallest absolute Gasteiger partial charge is 0.338 e. The summed E-state index contributed by atoms with van der Waals surface area (Å²) in [5.74, 6) is -0.811. The van der Waals surface area contributed by atoms with Gasteiger partial charge in [0.25, 0.3) is 0 Å². The average Bonchev–Trinajstić information content (AvgIpc) is 3.16. The highest BCUT2D eigenvalue weighted by molar-refractivity contribution is 5.89. The number of rotatable bonds is 5. The first-order valence-corrected chi connectivity index (χ1v) is 10.0. The third kappa shape index (κ3) is 6.48. The van der Waals surface area contributed by atoms with Crippen molar-refractivity contribution in [2.24, 2.45) is 0 Å². The number of benzene rings is 1. The molecule has 1 aromatic rings. The van der Waals surface area contributed by atoms with Crippen LogP contribution >= 0.6 is 0 Å². The Hall–Kier alpha value is -2.52. The van der Waals surface area contributed by atoms with Gasteiger partial charge in [-0.2, -0.15) is 0 Å². The first-order valence-electron chi connectivity index (χ1n) is 10.0. The molecule has 2 fully saturated rings. The van der Waals surface area contributed by atoms with Crippen LogP contribution in [-0.2, 0) is 23.7 Å². The van der Waals surface area contributed by atoms with E-state index in [4.69, 9.17) is 24.1 Å². The van der Waals surface area contributed by atoms with Crippen molar-refractivity contribution in [3.63, 3.8) is 0 Å². The van der Waals surface area contributed by atoms with Crippen molar-refractivity contribution in [3.05, 3.63) is 60.2 Å². The van der Waals surface area contributed by atoms with Crippen LogP contribution < -0.4 is 0 Å². The lowest BCUT2D eigenvalue weighted by atomic mass is 10.1. The van der Waals surface area contributed by atoms with Gasteiger partial charge in [0.1, 0.15) is 24.9 Å². The fourth-order valence-electron chi connectivity index (χ4n) is 3.28. The molecule has 2 N–H and O–H groups in total. The van der Waals surface area contributed by atoms with Gasteiger partial charge in [-0.25, -0.2) is 4.79 Å². The molecule has 0 aliphatic carbocycles. The Kier molecular flexibility index (Phi) is 8.94. The molecule has 0 amide bonds. The summed E-state index contributed by atoms with van der Waals surface area (Å²) < 4.78 is 21.1. The monoisotopic (exact) mass is 434 g/mol. The maximum atomic E-state index is 11.9. The van der Waals surface area contributed by atoms with Gasteiger partial charge >= 0.3 is 11.9 Å². The number of hydrogen-bond donors (Lipinski definition) is 2. The molecule has 3 rings (SSSR count). The van der Waals surface area contributed by atoms with E-state index in [9.17, 15) is 14.7 Å². The summed E-state index contributed by atoms with van der Waals surface area (Å²) in [5.41, 5.74) is 1.67. The largest absolute Gasteiger partial charge is 0.459 e. The standard InChI is InChI=1S/C16H18O5.C7H12O3/c1-10-14(20-11(2)15(10)21-12(3)17)9-19-16(18)13-7-5-4-6-8-13;1-4-6(3-8)10-5(2)7(4)9/h4-8,11,14-15H,1,9H2,2-3H3;5-9H,1,3H2,2H3/t11-,14+,15+;5-,6+,7+/m00/s1. The molecular weight excluding hydrogens is 404 g/mol. The van der Waals surface area contributed by atoms with Crippen LogP contribution in [0.15, 0.2) is 54.6 Å². The highest BCUT2D eigenvalue weighted by Crippen LogP contribution is 2.28. The Morgan fingerprint density at radius 3 is 2.13 bits per heavy atom. The van der Waals surface area contributed by atoms with E-state index < -0.39 is 30.3 Å². The SMILES string of the molecule is C=C1[C@@H](O)[C@H](C)O[C@@H]1CO.C=C1[C@@H](OC(C)=O)[C@H](C)O[C@@H]1COC(=O)c1ccccc1. The molecular formula is C23H30O8. The summed E-state index contributed by atoms with van der Waals surface area (Å²) in [6.45, 7) is 12.3. The van der Waals surface area contributed by atoms with Crippen LogP contribution in [-0.4, -0.2) is 72.0 Å². The Bertz CT molecular complexity index is 790. The number of aliphatic hydroxyl groups is 2. The molecule has 2 heterocycles. The fraction of sp³-hybridized carbons (Fsp3) is 0.478. The fourth-order valence-corrected chi connectivity index (χ4v) is 3.28. The minimum atomic E-state index is -0.614. The zero-order valence-corrected chi connectivity index (χ0v) is 18.0. The lowest BCUT2D eigenvalue weighted by Crippen LogP contribution is -2.25. The van der Waals surface area contributed by atoms with Crippen molar-refractivity contribution in [2.75, 3.05) is 13.2 Å². The number of carbonyl (C=O) groups is 2. The Balaban J connectivity index is 0.000000285. The van der Waals surface area contributed by atoms with Gasteiger partial charge in [-0.3, -0.25) is 4.79 Å². The molecule has 2 aliphatic heterocycles. The third-order valence-corrected chi connectivity index (χ3v) is 5.04. The number of esters is 2. The molecule has 6 atom stereocenters. The molecule has 8 nitrogen and oxygen atoms in total. The van der Waals surface area contributed by atoms with E-state index in [2.05, 4.69) is 13.2 Å². The Morgan fingerprint density at radius 1 is 1.03 bits per heavy atom. The second kappa shape index (κ2) is 11.2. The van der Waals surface area contributed by atoms with E-state index in [1.807, 2.05) is 6.07 Å². The van der Waals surface area contributed by atoms with Crippen molar-refractivity contribution in [1.29, 1.82) is 0 Å². The molecule has 0 unspecified atom stereocenters. The minimum absolute atomic E-state index is 0.0503. The van der Waals surface area contributed by atoms with E-state index in [0.717, 1.165) is 0 Å². The molecule has 0 radical (unpaired) electrons. The molecule has 170 valence electrons. The number of aliphatic hydroxyl groups excluding tert-OH is 2. The minimum Gasteiger partial charge on any atom is -0.459 e. The van der Waals surface area contributed by atoms with Crippen molar-refractivity contribution >= 4 is 11.9 Å². The summed E-state index contributed by atoms with van der Waals surface area (Å²) in [6.07, 6.45) is -2.48. The van der Waals surface area contributed by atoms with Crippen LogP contribution in [0.3, 0.4) is 0 Å². The zero-order chi connectivity index (χ0) is 23.1. The predicted molar refractivity (Wildman–Crippen MR) is 112 cm³/mol. The van der Waals surface area contributed by atoms with E-state index >= 15 is 0 Å². The lowest BCUT2D eigenvalue weighted by molar-refractivity contribution is -0.147. The van der Waals surface area contributed by atoms with Crippen LogP contribution in [0.1, 0.15) is 31.1 Å². The molecule has 1 aromatic carbocycles. The molecule has 0 saturated carbocycles. The summed E-state index contributed by atoms with van der Waals surface area (Å²) in [5, 5.41) is 17.9. The maximum absolute atomic E-state index is 11.9. The molecule has 8 heteroatoms. The van der Waals surface area contributed by atoms with E-state index in [1.54, 1.807) is 38.1 Å². The second-order valence-electron chi connectivity index (χ2n) is 7.43. The average molecular weight is 434 g/mol. The summed E-state index contributed by atoms with van der Waals surface area (Å²) in [4.78, 5) is 22.9. The van der Waals surface area contributed by atoms with Gasteiger partial charge in [0.15, 0.2) is 6.10 Å².